The van der Waals surface area contributed by atoms with E-state index in [4.69, 9.17) is 4.42 Å². The van der Waals surface area contributed by atoms with Crippen molar-refractivity contribution in [3.05, 3.63) is 58.2 Å². The average molecular weight is 339 g/mol. The summed E-state index contributed by atoms with van der Waals surface area (Å²) >= 11 is 0. The van der Waals surface area contributed by atoms with Crippen LogP contribution in [0.25, 0.3) is 11.5 Å². The van der Waals surface area contributed by atoms with E-state index in [2.05, 4.69) is 15.3 Å². The molecule has 3 aromatic rings. The molecular weight excluding hydrogens is 331 g/mol. The van der Waals surface area contributed by atoms with Gasteiger partial charge in [-0.25, -0.2) is 0 Å². The Balaban J connectivity index is 1.81. The fourth-order valence-corrected chi connectivity index (χ4v) is 1.93. The van der Waals surface area contributed by atoms with Crippen LogP contribution >= 0.6 is 0 Å². The normalized spacial score (nSPS) is 11.6. The average Bonchev–Trinajstić information content (AvgIpc) is 3.16. The van der Waals surface area contributed by atoms with Gasteiger partial charge >= 0.3 is 11.9 Å². The number of nitrogens with zero attached hydrogens (tertiary/aromatic N) is 5. The van der Waals surface area contributed by atoms with Crippen LogP contribution in [-0.2, 0) is 12.7 Å². The Bertz CT molecular complexity index is 887. The Morgan fingerprint density at radius 1 is 1.29 bits per heavy atom. The lowest BCUT2D eigenvalue weighted by atomic mass is 10.1. The summed E-state index contributed by atoms with van der Waals surface area (Å²) in [6, 6.07) is 4.48. The lowest BCUT2D eigenvalue weighted by Gasteiger charge is -2.06. The third-order valence-corrected chi connectivity index (χ3v) is 3.03. The van der Waals surface area contributed by atoms with Crippen LogP contribution in [0.4, 0.5) is 18.9 Å². The van der Waals surface area contributed by atoms with Gasteiger partial charge in [0, 0.05) is 5.56 Å². The van der Waals surface area contributed by atoms with Gasteiger partial charge in [0.25, 0.3) is 0 Å². The van der Waals surface area contributed by atoms with E-state index in [9.17, 15) is 23.3 Å². The third kappa shape index (κ3) is 3.24. The molecule has 0 aliphatic rings. The summed E-state index contributed by atoms with van der Waals surface area (Å²) in [6.45, 7) is -0.0419. The highest BCUT2D eigenvalue weighted by atomic mass is 19.4. The summed E-state index contributed by atoms with van der Waals surface area (Å²) in [5.74, 6) is -0.0295. The molecule has 0 saturated carbocycles. The highest BCUT2D eigenvalue weighted by Crippen LogP contribution is 2.31. The van der Waals surface area contributed by atoms with Crippen molar-refractivity contribution in [2.24, 2.45) is 0 Å². The van der Waals surface area contributed by atoms with Crippen molar-refractivity contribution in [2.75, 3.05) is 0 Å². The fourth-order valence-electron chi connectivity index (χ4n) is 1.93. The molecule has 0 N–H and O–H groups in total. The standard InChI is InChI=1S/C13H8F3N5O3/c14-13(15,16)9-3-1-2-8(4-9)12-19-18-11(24-12)7-20-6-10(5-17-20)21(22)23/h1-6H,7H2. The van der Waals surface area contributed by atoms with Crippen LogP contribution in [0, 0.1) is 10.1 Å². The number of halogens is 3. The summed E-state index contributed by atoms with van der Waals surface area (Å²) in [5, 5.41) is 21.7. The number of alkyl halides is 3. The predicted octanol–water partition coefficient (Wildman–Crippen LogP) is 2.91. The summed E-state index contributed by atoms with van der Waals surface area (Å²) < 4.78 is 44.6. The van der Waals surface area contributed by atoms with E-state index >= 15 is 0 Å². The van der Waals surface area contributed by atoms with Gasteiger partial charge in [0.1, 0.15) is 18.9 Å². The van der Waals surface area contributed by atoms with Crippen LogP contribution in [-0.4, -0.2) is 24.9 Å². The number of aromatic nitrogens is 4. The van der Waals surface area contributed by atoms with Crippen LogP contribution < -0.4 is 0 Å². The van der Waals surface area contributed by atoms with Crippen LogP contribution in [0.1, 0.15) is 11.5 Å². The topological polar surface area (TPSA) is 99.9 Å². The van der Waals surface area contributed by atoms with E-state index in [1.807, 2.05) is 0 Å². The summed E-state index contributed by atoms with van der Waals surface area (Å²) in [7, 11) is 0. The Morgan fingerprint density at radius 2 is 2.08 bits per heavy atom. The Kier molecular flexibility index (Phi) is 3.75. The first-order chi connectivity index (χ1) is 11.3. The molecule has 0 unspecified atom stereocenters. The number of hydrogen-bond acceptors (Lipinski definition) is 6. The zero-order valence-corrected chi connectivity index (χ0v) is 11.8. The van der Waals surface area contributed by atoms with Crippen molar-refractivity contribution in [1.29, 1.82) is 0 Å². The molecule has 24 heavy (non-hydrogen) atoms. The van der Waals surface area contributed by atoms with E-state index in [1.54, 1.807) is 0 Å². The molecule has 0 atom stereocenters. The summed E-state index contributed by atoms with van der Waals surface area (Å²) in [4.78, 5) is 9.97. The lowest BCUT2D eigenvalue weighted by molar-refractivity contribution is -0.385. The van der Waals surface area contributed by atoms with Crippen molar-refractivity contribution in [2.45, 2.75) is 12.7 Å². The van der Waals surface area contributed by atoms with Gasteiger partial charge in [-0.15, -0.1) is 10.2 Å². The molecule has 124 valence electrons. The molecule has 2 aromatic heterocycles. The molecule has 0 fully saturated rings. The number of nitro groups is 1. The minimum Gasteiger partial charge on any atom is -0.419 e. The molecule has 3 rings (SSSR count). The zero-order valence-electron chi connectivity index (χ0n) is 11.8. The van der Waals surface area contributed by atoms with Crippen LogP contribution in [0.5, 0.6) is 0 Å². The molecule has 8 nitrogen and oxygen atoms in total. The maximum atomic E-state index is 12.7. The molecule has 0 spiro atoms. The van der Waals surface area contributed by atoms with Gasteiger partial charge in [-0.3, -0.25) is 14.8 Å². The summed E-state index contributed by atoms with van der Waals surface area (Å²) in [5.41, 5.74) is -0.912. The van der Waals surface area contributed by atoms with Crippen molar-refractivity contribution in [3.63, 3.8) is 0 Å². The predicted molar refractivity (Wildman–Crippen MR) is 72.7 cm³/mol. The summed E-state index contributed by atoms with van der Waals surface area (Å²) in [6.07, 6.45) is -2.24. The molecule has 11 heteroatoms. The molecule has 0 radical (unpaired) electrons. The van der Waals surface area contributed by atoms with E-state index in [1.165, 1.54) is 23.0 Å². The molecular formula is C13H8F3N5O3. The van der Waals surface area contributed by atoms with Crippen molar-refractivity contribution in [1.82, 2.24) is 20.0 Å². The minimum atomic E-state index is -4.48. The van der Waals surface area contributed by atoms with E-state index < -0.39 is 16.7 Å². The number of hydrogen-bond donors (Lipinski definition) is 0. The maximum absolute atomic E-state index is 12.7. The van der Waals surface area contributed by atoms with Gasteiger partial charge in [0.05, 0.1) is 10.5 Å². The number of rotatable bonds is 4. The van der Waals surface area contributed by atoms with Gasteiger partial charge in [0.15, 0.2) is 0 Å². The SMILES string of the molecule is O=[N+]([O-])c1cnn(Cc2nnc(-c3cccc(C(F)(F)F)c3)o2)c1. The van der Waals surface area contributed by atoms with Gasteiger partial charge in [-0.1, -0.05) is 6.07 Å². The first kappa shape index (κ1) is 15.6. The van der Waals surface area contributed by atoms with Crippen molar-refractivity contribution >= 4 is 5.69 Å². The first-order valence-corrected chi connectivity index (χ1v) is 6.50. The molecule has 0 aliphatic heterocycles. The highest BCUT2D eigenvalue weighted by Gasteiger charge is 2.30. The number of benzene rings is 1. The smallest absolute Gasteiger partial charge is 0.416 e. The van der Waals surface area contributed by atoms with Crippen LogP contribution in [0.15, 0.2) is 41.1 Å². The van der Waals surface area contributed by atoms with Crippen LogP contribution in [0.3, 0.4) is 0 Å². The first-order valence-electron chi connectivity index (χ1n) is 6.50. The third-order valence-electron chi connectivity index (χ3n) is 3.03. The molecule has 0 bridgehead atoms. The van der Waals surface area contributed by atoms with Crippen molar-refractivity contribution < 1.29 is 22.5 Å². The lowest BCUT2D eigenvalue weighted by Crippen LogP contribution is -2.04. The molecule has 1 aromatic carbocycles. The largest absolute Gasteiger partial charge is 0.419 e. The maximum Gasteiger partial charge on any atom is 0.416 e. The van der Waals surface area contributed by atoms with Gasteiger partial charge in [-0.2, -0.15) is 18.3 Å². The van der Waals surface area contributed by atoms with Gasteiger partial charge < -0.3 is 4.42 Å². The Hall–Kier alpha value is -3.24. The van der Waals surface area contributed by atoms with E-state index in [0.717, 1.165) is 18.3 Å². The van der Waals surface area contributed by atoms with Crippen molar-refractivity contribution in [3.8, 4) is 11.5 Å². The van der Waals surface area contributed by atoms with Crippen LogP contribution in [0.2, 0.25) is 0 Å². The quantitative estimate of drug-likeness (QED) is 0.535. The second-order valence-corrected chi connectivity index (χ2v) is 4.73. The minimum absolute atomic E-state index is 0.0419. The van der Waals surface area contributed by atoms with E-state index in [-0.39, 0.29) is 29.6 Å². The second kappa shape index (κ2) is 5.76. The van der Waals surface area contributed by atoms with Gasteiger partial charge in [-0.05, 0) is 18.2 Å². The van der Waals surface area contributed by atoms with Gasteiger partial charge in [0.2, 0.25) is 11.8 Å². The Morgan fingerprint density at radius 3 is 2.75 bits per heavy atom. The monoisotopic (exact) mass is 339 g/mol. The second-order valence-electron chi connectivity index (χ2n) is 4.73. The molecule has 0 amide bonds. The molecule has 0 saturated heterocycles. The molecule has 0 aliphatic carbocycles. The highest BCUT2D eigenvalue weighted by molar-refractivity contribution is 5.54. The zero-order chi connectivity index (χ0) is 17.3. The Labute approximate surface area is 131 Å². The van der Waals surface area contributed by atoms with E-state index in [0.29, 0.717) is 0 Å². The molecule has 2 heterocycles. The fraction of sp³-hybridized carbons (Fsp3) is 0.154.